The third-order valence-corrected chi connectivity index (χ3v) is 5.53. The number of hydrogen-bond acceptors (Lipinski definition) is 5. The number of sulfonamides is 1. The van der Waals surface area contributed by atoms with E-state index < -0.39 is 15.8 Å². The van der Waals surface area contributed by atoms with E-state index in [0.29, 0.717) is 22.4 Å². The van der Waals surface area contributed by atoms with Gasteiger partial charge in [0, 0.05) is 0 Å². The zero-order valence-electron chi connectivity index (χ0n) is 10.3. The number of aromatic nitrogens is 1. The number of hydrogen-bond donors (Lipinski definition) is 2. The van der Waals surface area contributed by atoms with Gasteiger partial charge in [-0.25, -0.2) is 13.2 Å². The van der Waals surface area contributed by atoms with Crippen molar-refractivity contribution in [3.8, 4) is 0 Å². The smallest absolute Gasteiger partial charge is 0.408 e. The average Bonchev–Trinajstić information content (AvgIpc) is 2.98. The Morgan fingerprint density at radius 2 is 2.15 bits per heavy atom. The first-order chi connectivity index (χ1) is 9.45. The highest BCUT2D eigenvalue weighted by Gasteiger charge is 2.17. The maximum Gasteiger partial charge on any atom is 0.417 e. The normalized spacial score (nSPS) is 11.8. The topological polar surface area (TPSA) is 92.2 Å². The van der Waals surface area contributed by atoms with Gasteiger partial charge in [-0.3, -0.25) is 9.71 Å². The maximum absolute atomic E-state index is 12.2. The molecule has 0 unspecified atom stereocenters. The Hall–Kier alpha value is -2.06. The molecule has 0 spiro atoms. The van der Waals surface area contributed by atoms with Gasteiger partial charge < -0.3 is 4.42 Å². The Balaban J connectivity index is 2.07. The molecule has 2 aromatic heterocycles. The first-order valence-corrected chi connectivity index (χ1v) is 8.02. The Morgan fingerprint density at radius 1 is 1.35 bits per heavy atom. The van der Waals surface area contributed by atoms with E-state index in [9.17, 15) is 13.2 Å². The van der Waals surface area contributed by atoms with E-state index >= 15 is 0 Å². The van der Waals surface area contributed by atoms with Crippen LogP contribution in [0.2, 0.25) is 0 Å². The first-order valence-electron chi connectivity index (χ1n) is 5.65. The lowest BCUT2D eigenvalue weighted by atomic mass is 10.2. The van der Waals surface area contributed by atoms with Crippen LogP contribution in [0.15, 0.2) is 43.1 Å². The maximum atomic E-state index is 12.2. The van der Waals surface area contributed by atoms with Gasteiger partial charge in [0.25, 0.3) is 10.0 Å². The van der Waals surface area contributed by atoms with Crippen LogP contribution >= 0.6 is 11.3 Å². The fraction of sp³-hybridized carbons (Fsp3) is 0.0833. The third kappa shape index (κ3) is 2.23. The van der Waals surface area contributed by atoms with E-state index in [4.69, 9.17) is 4.42 Å². The number of oxazole rings is 1. The van der Waals surface area contributed by atoms with E-state index in [1.807, 2.05) is 0 Å². The number of anilines is 1. The molecule has 20 heavy (non-hydrogen) atoms. The number of H-pyrrole nitrogens is 1. The Kier molecular flexibility index (Phi) is 2.91. The van der Waals surface area contributed by atoms with E-state index in [1.165, 1.54) is 6.07 Å². The number of fused-ring (bicyclic) bond motifs is 1. The largest absolute Gasteiger partial charge is 0.417 e. The van der Waals surface area contributed by atoms with Crippen LogP contribution in [0.1, 0.15) is 5.56 Å². The van der Waals surface area contributed by atoms with Crippen molar-refractivity contribution < 1.29 is 12.8 Å². The van der Waals surface area contributed by atoms with Crippen molar-refractivity contribution >= 4 is 38.1 Å². The number of thiophene rings is 1. The highest BCUT2D eigenvalue weighted by molar-refractivity contribution is 7.94. The molecule has 1 aromatic carbocycles. The van der Waals surface area contributed by atoms with Crippen molar-refractivity contribution in [1.82, 2.24) is 4.98 Å². The molecular formula is C12H10N2O4S2. The molecule has 8 heteroatoms. The van der Waals surface area contributed by atoms with Crippen molar-refractivity contribution in [3.63, 3.8) is 0 Å². The van der Waals surface area contributed by atoms with Crippen molar-refractivity contribution in [3.05, 3.63) is 45.8 Å². The SMILES string of the molecule is Cc1cc2oc(=O)[nH]c2cc1NS(=O)(=O)c1cccs1. The molecule has 2 heterocycles. The lowest BCUT2D eigenvalue weighted by molar-refractivity contribution is 0.555. The average molecular weight is 310 g/mol. The van der Waals surface area contributed by atoms with Gasteiger partial charge in [0.15, 0.2) is 5.58 Å². The molecule has 104 valence electrons. The number of nitrogens with one attached hydrogen (secondary N) is 2. The molecule has 3 rings (SSSR count). The Morgan fingerprint density at radius 3 is 2.85 bits per heavy atom. The molecule has 0 bridgehead atoms. The van der Waals surface area contributed by atoms with Crippen molar-refractivity contribution in [1.29, 1.82) is 0 Å². The molecule has 0 amide bonds. The summed E-state index contributed by atoms with van der Waals surface area (Å²) in [5, 5.41) is 1.69. The van der Waals surface area contributed by atoms with Crippen LogP contribution in [-0.2, 0) is 10.0 Å². The molecule has 3 aromatic rings. The predicted molar refractivity (Wildman–Crippen MR) is 76.7 cm³/mol. The fourth-order valence-electron chi connectivity index (χ4n) is 1.82. The summed E-state index contributed by atoms with van der Waals surface area (Å²) in [4.78, 5) is 13.6. The van der Waals surface area contributed by atoms with E-state index in [1.54, 1.807) is 30.5 Å². The molecule has 0 aliphatic rings. The van der Waals surface area contributed by atoms with E-state index in [-0.39, 0.29) is 4.21 Å². The monoisotopic (exact) mass is 310 g/mol. The molecule has 0 aliphatic carbocycles. The minimum absolute atomic E-state index is 0.234. The van der Waals surface area contributed by atoms with Crippen LogP contribution in [0.5, 0.6) is 0 Å². The lowest BCUT2D eigenvalue weighted by Gasteiger charge is -2.08. The minimum atomic E-state index is -3.61. The fourth-order valence-corrected chi connectivity index (χ4v) is 3.93. The van der Waals surface area contributed by atoms with Crippen molar-refractivity contribution in [2.24, 2.45) is 0 Å². The van der Waals surface area contributed by atoms with Gasteiger partial charge in [0.05, 0.1) is 11.2 Å². The highest BCUT2D eigenvalue weighted by atomic mass is 32.2. The summed E-state index contributed by atoms with van der Waals surface area (Å²) >= 11 is 1.14. The van der Waals surface area contributed by atoms with Crippen LogP contribution < -0.4 is 10.5 Å². The number of aromatic amines is 1. The lowest BCUT2D eigenvalue weighted by Crippen LogP contribution is -2.12. The first kappa shape index (κ1) is 12.9. The molecule has 0 fully saturated rings. The summed E-state index contributed by atoms with van der Waals surface area (Å²) < 4.78 is 32.0. The van der Waals surface area contributed by atoms with Crippen molar-refractivity contribution in [2.45, 2.75) is 11.1 Å². The third-order valence-electron chi connectivity index (χ3n) is 2.77. The van der Waals surface area contributed by atoms with Crippen LogP contribution in [0.25, 0.3) is 11.1 Å². The van der Waals surface area contributed by atoms with Crippen LogP contribution in [0.4, 0.5) is 5.69 Å². The number of aryl methyl sites for hydroxylation is 1. The predicted octanol–water partition coefficient (Wildman–Crippen LogP) is 2.29. The van der Waals surface area contributed by atoms with Gasteiger partial charge in [0.1, 0.15) is 4.21 Å². The zero-order valence-corrected chi connectivity index (χ0v) is 12.0. The highest BCUT2D eigenvalue weighted by Crippen LogP contribution is 2.25. The summed E-state index contributed by atoms with van der Waals surface area (Å²) in [5.74, 6) is -0.572. The zero-order chi connectivity index (χ0) is 14.3. The van der Waals surface area contributed by atoms with Gasteiger partial charge in [-0.05, 0) is 36.1 Å². The van der Waals surface area contributed by atoms with Gasteiger partial charge in [-0.15, -0.1) is 11.3 Å². The molecule has 0 saturated heterocycles. The van der Waals surface area contributed by atoms with Gasteiger partial charge >= 0.3 is 5.76 Å². The molecule has 0 saturated carbocycles. The summed E-state index contributed by atoms with van der Waals surface area (Å²) in [6.45, 7) is 1.73. The summed E-state index contributed by atoms with van der Waals surface area (Å²) in [6.07, 6.45) is 0. The second-order valence-corrected chi connectivity index (χ2v) is 7.07. The van der Waals surface area contributed by atoms with Gasteiger partial charge in [-0.1, -0.05) is 6.07 Å². The summed E-state index contributed by atoms with van der Waals surface area (Å²) in [5.41, 5.74) is 1.92. The summed E-state index contributed by atoms with van der Waals surface area (Å²) in [7, 11) is -3.61. The summed E-state index contributed by atoms with van der Waals surface area (Å²) in [6, 6.07) is 6.35. The number of rotatable bonds is 3. The van der Waals surface area contributed by atoms with E-state index in [2.05, 4.69) is 9.71 Å². The van der Waals surface area contributed by atoms with Crippen LogP contribution in [-0.4, -0.2) is 13.4 Å². The minimum Gasteiger partial charge on any atom is -0.408 e. The van der Waals surface area contributed by atoms with Gasteiger partial charge in [-0.2, -0.15) is 0 Å². The molecule has 2 N–H and O–H groups in total. The molecular weight excluding hydrogens is 300 g/mol. The number of benzene rings is 1. The van der Waals surface area contributed by atoms with Crippen molar-refractivity contribution in [2.75, 3.05) is 4.72 Å². The Labute approximate surface area is 118 Å². The van der Waals surface area contributed by atoms with Gasteiger partial charge in [0.2, 0.25) is 0 Å². The second-order valence-electron chi connectivity index (χ2n) is 4.22. The van der Waals surface area contributed by atoms with Crippen LogP contribution in [0.3, 0.4) is 0 Å². The molecule has 0 radical (unpaired) electrons. The second kappa shape index (κ2) is 4.50. The Bertz CT molecular complexity index is 920. The molecule has 6 nitrogen and oxygen atoms in total. The van der Waals surface area contributed by atoms with E-state index in [0.717, 1.165) is 11.3 Å². The van der Waals surface area contributed by atoms with Crippen LogP contribution in [0, 0.1) is 6.92 Å². The molecule has 0 atom stereocenters. The quantitative estimate of drug-likeness (QED) is 0.776. The standard InChI is InChI=1S/C12H10N2O4S2/c1-7-5-10-9(13-12(15)18-10)6-8(7)14-20(16,17)11-3-2-4-19-11/h2-6,14H,1H3,(H,13,15). The molecule has 0 aliphatic heterocycles.